The van der Waals surface area contributed by atoms with E-state index < -0.39 is 0 Å². The molecule has 0 aliphatic rings. The number of ether oxygens (including phenoxy) is 1. The molecule has 1 N–H and O–H groups in total. The van der Waals surface area contributed by atoms with E-state index in [4.69, 9.17) is 4.74 Å². The predicted molar refractivity (Wildman–Crippen MR) is 122 cm³/mol. The monoisotopic (exact) mass is 409 g/mol. The van der Waals surface area contributed by atoms with Crippen molar-refractivity contribution < 1.29 is 9.53 Å². The van der Waals surface area contributed by atoms with E-state index in [0.29, 0.717) is 23.1 Å². The summed E-state index contributed by atoms with van der Waals surface area (Å²) in [4.78, 5) is 21.2. The smallest absolute Gasteiger partial charge is 0.255 e. The summed E-state index contributed by atoms with van der Waals surface area (Å²) in [6.45, 7) is 4.28. The molecule has 0 unspecified atom stereocenters. The van der Waals surface area contributed by atoms with Gasteiger partial charge in [0, 0.05) is 22.9 Å². The molecule has 31 heavy (non-hydrogen) atoms. The highest BCUT2D eigenvalue weighted by Crippen LogP contribution is 2.25. The van der Waals surface area contributed by atoms with Crippen LogP contribution in [-0.2, 0) is 0 Å². The maximum absolute atomic E-state index is 12.7. The van der Waals surface area contributed by atoms with Gasteiger partial charge in [-0.05, 0) is 41.8 Å². The summed E-state index contributed by atoms with van der Waals surface area (Å²) in [5.74, 6) is 1.19. The Balaban J connectivity index is 1.48. The van der Waals surface area contributed by atoms with Gasteiger partial charge in [-0.2, -0.15) is 0 Å². The standard InChI is InChI=1S/C26H23N3O2/c1-18(2)19-11-13-22(14-12-19)29-26(30)21-9-6-10-23(15-21)31-25-16-24(27-17-28-25)20-7-4-3-5-8-20/h3-18H,1-2H3,(H,29,30). The first-order chi connectivity index (χ1) is 15.1. The fraction of sp³-hybridized carbons (Fsp3) is 0.115. The van der Waals surface area contributed by atoms with E-state index in [0.717, 1.165) is 16.9 Å². The molecule has 1 amide bonds. The number of benzene rings is 3. The van der Waals surface area contributed by atoms with E-state index >= 15 is 0 Å². The van der Waals surface area contributed by atoms with Crippen LogP contribution in [0.2, 0.25) is 0 Å². The number of amides is 1. The Morgan fingerprint density at radius 2 is 1.65 bits per heavy atom. The highest BCUT2D eigenvalue weighted by Gasteiger charge is 2.10. The molecular weight excluding hydrogens is 386 g/mol. The van der Waals surface area contributed by atoms with Crippen LogP contribution in [0.4, 0.5) is 5.69 Å². The van der Waals surface area contributed by atoms with Crippen molar-refractivity contribution in [2.24, 2.45) is 0 Å². The van der Waals surface area contributed by atoms with Crippen LogP contribution >= 0.6 is 0 Å². The van der Waals surface area contributed by atoms with Gasteiger partial charge in [0.2, 0.25) is 5.88 Å². The van der Waals surface area contributed by atoms with Gasteiger partial charge in [0.15, 0.2) is 0 Å². The predicted octanol–water partition coefficient (Wildman–Crippen LogP) is 6.31. The molecule has 0 radical (unpaired) electrons. The van der Waals surface area contributed by atoms with Gasteiger partial charge >= 0.3 is 0 Å². The van der Waals surface area contributed by atoms with Crippen molar-refractivity contribution in [1.29, 1.82) is 0 Å². The third-order valence-electron chi connectivity index (χ3n) is 4.87. The minimum atomic E-state index is -0.199. The number of carbonyl (C=O) groups is 1. The van der Waals surface area contributed by atoms with Gasteiger partial charge in [-0.15, -0.1) is 0 Å². The van der Waals surface area contributed by atoms with Gasteiger partial charge in [0.05, 0.1) is 5.69 Å². The number of hydrogen-bond donors (Lipinski definition) is 1. The molecule has 1 aromatic heterocycles. The molecule has 0 saturated carbocycles. The van der Waals surface area contributed by atoms with E-state index in [9.17, 15) is 4.79 Å². The second-order valence-corrected chi connectivity index (χ2v) is 7.47. The second kappa shape index (κ2) is 9.22. The lowest BCUT2D eigenvalue weighted by Crippen LogP contribution is -2.11. The third-order valence-corrected chi connectivity index (χ3v) is 4.87. The Morgan fingerprint density at radius 1 is 0.871 bits per heavy atom. The molecular formula is C26H23N3O2. The maximum Gasteiger partial charge on any atom is 0.255 e. The average molecular weight is 409 g/mol. The first kappa shape index (κ1) is 20.3. The molecule has 5 heteroatoms. The molecule has 154 valence electrons. The molecule has 0 bridgehead atoms. The fourth-order valence-corrected chi connectivity index (χ4v) is 3.14. The zero-order chi connectivity index (χ0) is 21.6. The number of anilines is 1. The van der Waals surface area contributed by atoms with Crippen LogP contribution in [0.15, 0.2) is 91.3 Å². The Bertz CT molecular complexity index is 1170. The van der Waals surface area contributed by atoms with E-state index in [1.165, 1.54) is 11.9 Å². The quantitative estimate of drug-likeness (QED) is 0.405. The number of nitrogens with zero attached hydrogens (tertiary/aromatic N) is 2. The number of carbonyl (C=O) groups excluding carboxylic acids is 1. The molecule has 0 aliphatic carbocycles. The summed E-state index contributed by atoms with van der Waals surface area (Å²) in [5, 5.41) is 2.93. The van der Waals surface area contributed by atoms with Crippen LogP contribution in [0, 0.1) is 0 Å². The maximum atomic E-state index is 12.7. The Morgan fingerprint density at radius 3 is 2.39 bits per heavy atom. The van der Waals surface area contributed by atoms with Crippen molar-refractivity contribution in [1.82, 2.24) is 9.97 Å². The first-order valence-corrected chi connectivity index (χ1v) is 10.2. The van der Waals surface area contributed by atoms with Crippen molar-refractivity contribution in [3.8, 4) is 22.9 Å². The van der Waals surface area contributed by atoms with Gasteiger partial charge in [0.1, 0.15) is 12.1 Å². The highest BCUT2D eigenvalue weighted by atomic mass is 16.5. The van der Waals surface area contributed by atoms with Gasteiger partial charge < -0.3 is 10.1 Å². The van der Waals surface area contributed by atoms with E-state index in [-0.39, 0.29) is 5.91 Å². The normalized spacial score (nSPS) is 10.7. The second-order valence-electron chi connectivity index (χ2n) is 7.47. The van der Waals surface area contributed by atoms with Crippen LogP contribution < -0.4 is 10.1 Å². The van der Waals surface area contributed by atoms with Gasteiger partial charge in [-0.3, -0.25) is 4.79 Å². The van der Waals surface area contributed by atoms with Crippen LogP contribution in [0.1, 0.15) is 35.7 Å². The molecule has 0 saturated heterocycles. The summed E-state index contributed by atoms with van der Waals surface area (Å²) in [6.07, 6.45) is 1.47. The van der Waals surface area contributed by atoms with Crippen LogP contribution in [0.25, 0.3) is 11.3 Å². The SMILES string of the molecule is CC(C)c1ccc(NC(=O)c2cccc(Oc3cc(-c4ccccc4)ncn3)c2)cc1. The highest BCUT2D eigenvalue weighted by molar-refractivity contribution is 6.04. The summed E-state index contributed by atoms with van der Waals surface area (Å²) in [7, 11) is 0. The van der Waals surface area contributed by atoms with Crippen molar-refractivity contribution in [2.45, 2.75) is 19.8 Å². The molecule has 3 aromatic carbocycles. The summed E-state index contributed by atoms with van der Waals surface area (Å²) in [5.41, 5.74) is 4.23. The molecule has 0 spiro atoms. The lowest BCUT2D eigenvalue weighted by atomic mass is 10.0. The van der Waals surface area contributed by atoms with Gasteiger partial charge in [-0.1, -0.05) is 62.4 Å². The van der Waals surface area contributed by atoms with Crippen molar-refractivity contribution >= 4 is 11.6 Å². The van der Waals surface area contributed by atoms with Gasteiger partial charge in [-0.25, -0.2) is 9.97 Å². The molecule has 0 atom stereocenters. The fourth-order valence-electron chi connectivity index (χ4n) is 3.14. The minimum absolute atomic E-state index is 0.199. The van der Waals surface area contributed by atoms with Gasteiger partial charge in [0.25, 0.3) is 5.91 Å². The third kappa shape index (κ3) is 5.14. The zero-order valence-electron chi connectivity index (χ0n) is 17.4. The van der Waals surface area contributed by atoms with E-state index in [1.54, 1.807) is 30.3 Å². The zero-order valence-corrected chi connectivity index (χ0v) is 17.4. The molecule has 0 aliphatic heterocycles. The molecule has 4 aromatic rings. The molecule has 1 heterocycles. The van der Waals surface area contributed by atoms with Crippen molar-refractivity contribution in [3.05, 3.63) is 102 Å². The van der Waals surface area contributed by atoms with E-state index in [2.05, 4.69) is 29.1 Å². The number of rotatable bonds is 6. The van der Waals surface area contributed by atoms with Crippen LogP contribution in [0.3, 0.4) is 0 Å². The molecule has 5 nitrogen and oxygen atoms in total. The number of hydrogen-bond acceptors (Lipinski definition) is 4. The van der Waals surface area contributed by atoms with E-state index in [1.807, 2.05) is 54.6 Å². The van der Waals surface area contributed by atoms with Crippen molar-refractivity contribution in [2.75, 3.05) is 5.32 Å². The molecule has 4 rings (SSSR count). The lowest BCUT2D eigenvalue weighted by molar-refractivity contribution is 0.102. The largest absolute Gasteiger partial charge is 0.439 e. The first-order valence-electron chi connectivity index (χ1n) is 10.2. The Hall–Kier alpha value is -3.99. The minimum Gasteiger partial charge on any atom is -0.439 e. The van der Waals surface area contributed by atoms with Crippen LogP contribution in [0.5, 0.6) is 11.6 Å². The number of nitrogens with one attached hydrogen (secondary N) is 1. The lowest BCUT2D eigenvalue weighted by Gasteiger charge is -2.10. The van der Waals surface area contributed by atoms with Crippen molar-refractivity contribution in [3.63, 3.8) is 0 Å². The summed E-state index contributed by atoms with van der Waals surface area (Å²) >= 11 is 0. The number of aromatic nitrogens is 2. The Kier molecular flexibility index (Phi) is 6.03. The topological polar surface area (TPSA) is 64.1 Å². The van der Waals surface area contributed by atoms with Crippen LogP contribution in [-0.4, -0.2) is 15.9 Å². The molecule has 0 fully saturated rings. The summed E-state index contributed by atoms with van der Waals surface area (Å²) in [6, 6.07) is 26.5. The average Bonchev–Trinajstić information content (AvgIpc) is 2.80. The Labute approximate surface area is 181 Å². The summed E-state index contributed by atoms with van der Waals surface area (Å²) < 4.78 is 5.89.